The molecule has 18 nitrogen and oxygen atoms in total. The second kappa shape index (κ2) is 32.6. The summed E-state index contributed by atoms with van der Waals surface area (Å²) in [4.78, 5) is 106. The summed E-state index contributed by atoms with van der Waals surface area (Å²) in [6.07, 6.45) is 3.67. The Kier molecular flexibility index (Phi) is 27.2. The molecular weight excluding hydrogens is 971 g/mol. The third kappa shape index (κ3) is 28.7. The number of urea groups is 1. The van der Waals surface area contributed by atoms with E-state index in [2.05, 4.69) is 37.2 Å². The number of nitrogens with one attached hydrogen (secondary N) is 7. The minimum Gasteiger partial charge on any atom is -0.460 e. The zero-order valence-corrected chi connectivity index (χ0v) is 46.3. The number of carbonyl (C=O) groups excluding carboxylic acids is 8. The van der Waals surface area contributed by atoms with Crippen molar-refractivity contribution in [3.05, 3.63) is 108 Å². The molecule has 7 N–H and O–H groups in total. The first-order valence-corrected chi connectivity index (χ1v) is 26.6. The lowest BCUT2D eigenvalue weighted by Gasteiger charge is -2.27. The lowest BCUT2D eigenvalue weighted by atomic mass is 10.0. The maximum absolute atomic E-state index is 14.0. The molecule has 4 atom stereocenters. The maximum Gasteiger partial charge on any atom is 0.329 e. The van der Waals surface area contributed by atoms with E-state index in [1.54, 1.807) is 62.3 Å². The highest BCUT2D eigenvalue weighted by atomic mass is 16.6. The van der Waals surface area contributed by atoms with Crippen LogP contribution in [-0.2, 0) is 67.2 Å². The SMILES string of the molecule is CC(C)(C)OC(=O)CC[C@H](NC(=O)NC(CCC(=O)NCCCCCCCC(=O)N[C@@H](Cc1ccccc1)C(=O)N[C@@H](Cc1ccccc1)C(=O)NCCNCc1ccccc1)C(=O)OC(C)(C)C)C(=O)OC(C)(C)C. The van der Waals surface area contributed by atoms with E-state index in [1.165, 1.54) is 0 Å². The molecule has 0 aliphatic rings. The number of hydrogen-bond acceptors (Lipinski definition) is 12. The summed E-state index contributed by atoms with van der Waals surface area (Å²) in [7, 11) is 0. The van der Waals surface area contributed by atoms with E-state index in [-0.39, 0.29) is 62.7 Å². The molecule has 0 bridgehead atoms. The van der Waals surface area contributed by atoms with E-state index in [0.717, 1.165) is 36.0 Å². The van der Waals surface area contributed by atoms with E-state index in [4.69, 9.17) is 14.2 Å². The van der Waals surface area contributed by atoms with Crippen molar-refractivity contribution in [3.63, 3.8) is 0 Å². The summed E-state index contributed by atoms with van der Waals surface area (Å²) >= 11 is 0. The second-order valence-electron chi connectivity index (χ2n) is 21.8. The summed E-state index contributed by atoms with van der Waals surface area (Å²) in [6, 6.07) is 23.6. The molecule has 76 heavy (non-hydrogen) atoms. The minimum atomic E-state index is -1.25. The fourth-order valence-corrected chi connectivity index (χ4v) is 7.67. The molecule has 0 aromatic heterocycles. The standard InChI is InChI=1S/C58H85N7O11/c1-56(2,3)74-50(68)34-32-45(54(72)76-58(7,8)9)65-55(73)64-44(53(71)75-57(4,5)6)31-33-48(66)60-35-23-12-10-11-22-30-49(67)62-47(39-42-26-18-14-19-27-42)52(70)63-46(38-41-24-16-13-17-25-41)51(69)61-37-36-59-40-43-28-20-15-21-29-43/h13-21,24-29,44-47,59H,10-12,22-23,30-40H2,1-9H3,(H,60,66)(H,61,69)(H,62,67)(H,63,70)(H2,64,65,73)/t44?,45-,46-,47-/m0/s1. The maximum atomic E-state index is 14.0. The number of carbonyl (C=O) groups is 8. The number of esters is 3. The van der Waals surface area contributed by atoms with Gasteiger partial charge in [0.15, 0.2) is 0 Å². The van der Waals surface area contributed by atoms with Crippen LogP contribution in [0.15, 0.2) is 91.0 Å². The Morgan fingerprint density at radius 1 is 0.421 bits per heavy atom. The van der Waals surface area contributed by atoms with Crippen molar-refractivity contribution >= 4 is 47.6 Å². The Labute approximate surface area is 450 Å². The summed E-state index contributed by atoms with van der Waals surface area (Å²) < 4.78 is 16.4. The molecule has 6 amide bonds. The van der Waals surface area contributed by atoms with E-state index in [0.29, 0.717) is 39.0 Å². The number of amides is 6. The fraction of sp³-hybridized carbons (Fsp3) is 0.552. The molecule has 0 aliphatic heterocycles. The van der Waals surface area contributed by atoms with Gasteiger partial charge in [0.2, 0.25) is 23.6 Å². The van der Waals surface area contributed by atoms with Crippen molar-refractivity contribution in [1.29, 1.82) is 0 Å². The van der Waals surface area contributed by atoms with Crippen molar-refractivity contribution in [2.45, 2.75) is 187 Å². The molecular formula is C58H85N7O11. The minimum absolute atomic E-state index is 0.101. The average molecular weight is 1060 g/mol. The molecule has 3 aromatic rings. The van der Waals surface area contributed by atoms with Crippen LogP contribution in [-0.4, -0.2) is 108 Å². The van der Waals surface area contributed by atoms with Gasteiger partial charge in [-0.25, -0.2) is 14.4 Å². The molecule has 0 fully saturated rings. The second-order valence-corrected chi connectivity index (χ2v) is 21.8. The van der Waals surface area contributed by atoms with Gasteiger partial charge in [-0.05, 0) is 105 Å². The van der Waals surface area contributed by atoms with Gasteiger partial charge in [-0.1, -0.05) is 110 Å². The normalized spacial score (nSPS) is 13.1. The van der Waals surface area contributed by atoms with Crippen LogP contribution in [0, 0.1) is 0 Å². The van der Waals surface area contributed by atoms with E-state index < -0.39 is 70.8 Å². The third-order valence-electron chi connectivity index (χ3n) is 11.2. The number of hydrogen-bond donors (Lipinski definition) is 7. The topological polar surface area (TPSA) is 248 Å². The summed E-state index contributed by atoms with van der Waals surface area (Å²) in [5.74, 6) is -3.53. The van der Waals surface area contributed by atoms with Crippen LogP contribution in [0.4, 0.5) is 4.79 Å². The highest BCUT2D eigenvalue weighted by molar-refractivity contribution is 5.92. The van der Waals surface area contributed by atoms with Gasteiger partial charge in [0.1, 0.15) is 41.0 Å². The van der Waals surface area contributed by atoms with Crippen molar-refractivity contribution in [1.82, 2.24) is 37.2 Å². The summed E-state index contributed by atoms with van der Waals surface area (Å²) in [5.41, 5.74) is 0.315. The lowest BCUT2D eigenvalue weighted by Crippen LogP contribution is -2.55. The third-order valence-corrected chi connectivity index (χ3v) is 11.2. The number of benzene rings is 3. The predicted molar refractivity (Wildman–Crippen MR) is 291 cm³/mol. The van der Waals surface area contributed by atoms with Crippen molar-refractivity contribution in [2.75, 3.05) is 19.6 Å². The Hall–Kier alpha value is -6.82. The Balaban J connectivity index is 1.48. The molecule has 3 aromatic carbocycles. The van der Waals surface area contributed by atoms with Crippen molar-refractivity contribution < 1.29 is 52.6 Å². The molecule has 0 saturated heterocycles. The highest BCUT2D eigenvalue weighted by Gasteiger charge is 2.32. The number of rotatable bonds is 31. The largest absolute Gasteiger partial charge is 0.460 e. The van der Waals surface area contributed by atoms with Crippen LogP contribution in [0.2, 0.25) is 0 Å². The molecule has 0 aliphatic carbocycles. The van der Waals surface area contributed by atoms with Crippen molar-refractivity contribution in [2.24, 2.45) is 0 Å². The monoisotopic (exact) mass is 1060 g/mol. The van der Waals surface area contributed by atoms with Gasteiger partial charge in [0.25, 0.3) is 0 Å². The smallest absolute Gasteiger partial charge is 0.329 e. The highest BCUT2D eigenvalue weighted by Crippen LogP contribution is 2.16. The average Bonchev–Trinajstić information content (AvgIpc) is 3.33. The Morgan fingerprint density at radius 3 is 1.39 bits per heavy atom. The Morgan fingerprint density at radius 2 is 0.882 bits per heavy atom. The van der Waals surface area contributed by atoms with Crippen LogP contribution in [0.5, 0.6) is 0 Å². The summed E-state index contributed by atoms with van der Waals surface area (Å²) in [6.45, 7) is 17.1. The molecule has 1 unspecified atom stereocenters. The molecule has 18 heteroatoms. The molecule has 0 heterocycles. The van der Waals surface area contributed by atoms with Gasteiger partial charge in [-0.15, -0.1) is 0 Å². The van der Waals surface area contributed by atoms with Gasteiger partial charge in [0, 0.05) is 58.3 Å². The Bertz CT molecular complexity index is 2280. The van der Waals surface area contributed by atoms with Crippen LogP contribution >= 0.6 is 0 Å². The van der Waals surface area contributed by atoms with E-state index in [1.807, 2.05) is 91.0 Å². The number of unbranched alkanes of at least 4 members (excludes halogenated alkanes) is 4. The van der Waals surface area contributed by atoms with E-state index in [9.17, 15) is 38.4 Å². The molecule has 3 rings (SSSR count). The van der Waals surface area contributed by atoms with Crippen molar-refractivity contribution in [3.8, 4) is 0 Å². The molecule has 0 saturated carbocycles. The van der Waals surface area contributed by atoms with E-state index >= 15 is 0 Å². The van der Waals surface area contributed by atoms with Crippen LogP contribution in [0.1, 0.15) is 143 Å². The first-order chi connectivity index (χ1) is 35.9. The zero-order chi connectivity index (χ0) is 56.2. The molecule has 0 radical (unpaired) electrons. The van der Waals surface area contributed by atoms with Gasteiger partial charge in [-0.2, -0.15) is 0 Å². The molecule has 418 valence electrons. The predicted octanol–water partition coefficient (Wildman–Crippen LogP) is 6.43. The van der Waals surface area contributed by atoms with Crippen LogP contribution < -0.4 is 37.2 Å². The first-order valence-electron chi connectivity index (χ1n) is 26.6. The number of ether oxygens (including phenoxy) is 3. The molecule has 0 spiro atoms. The zero-order valence-electron chi connectivity index (χ0n) is 46.3. The first kappa shape index (κ1) is 63.5. The summed E-state index contributed by atoms with van der Waals surface area (Å²) in [5, 5.41) is 20.0. The quantitative estimate of drug-likeness (QED) is 0.0210. The lowest BCUT2D eigenvalue weighted by molar-refractivity contribution is -0.159. The van der Waals surface area contributed by atoms with Crippen LogP contribution in [0.3, 0.4) is 0 Å². The van der Waals surface area contributed by atoms with Gasteiger partial charge < -0.3 is 51.4 Å². The fourth-order valence-electron chi connectivity index (χ4n) is 7.67. The van der Waals surface area contributed by atoms with Gasteiger partial charge >= 0.3 is 23.9 Å². The van der Waals surface area contributed by atoms with Gasteiger partial charge in [0.05, 0.1) is 0 Å². The van der Waals surface area contributed by atoms with Crippen LogP contribution in [0.25, 0.3) is 0 Å². The van der Waals surface area contributed by atoms with Gasteiger partial charge in [-0.3, -0.25) is 24.0 Å².